The van der Waals surface area contributed by atoms with E-state index < -0.39 is 5.91 Å². The van der Waals surface area contributed by atoms with Crippen LogP contribution in [-0.4, -0.2) is 13.0 Å². The van der Waals surface area contributed by atoms with Gasteiger partial charge in [0, 0.05) is 0 Å². The molecular weight excluding hydrogens is 204 g/mol. The number of primary amides is 1. The number of nitriles is 1. The summed E-state index contributed by atoms with van der Waals surface area (Å²) in [6.07, 6.45) is 0. The molecule has 0 saturated heterocycles. The molecule has 0 aliphatic heterocycles. The van der Waals surface area contributed by atoms with E-state index in [1.54, 1.807) is 12.1 Å². The zero-order valence-electron chi connectivity index (χ0n) is 9.57. The molecule has 0 aliphatic rings. The van der Waals surface area contributed by atoms with Crippen LogP contribution in [0.1, 0.15) is 41.3 Å². The maximum atomic E-state index is 11.2. The average molecular weight is 218 g/mol. The van der Waals surface area contributed by atoms with Crippen molar-refractivity contribution in [1.82, 2.24) is 0 Å². The van der Waals surface area contributed by atoms with Gasteiger partial charge in [0.15, 0.2) is 0 Å². The number of amides is 1. The first-order valence-electron chi connectivity index (χ1n) is 4.93. The van der Waals surface area contributed by atoms with Gasteiger partial charge in [-0.05, 0) is 17.5 Å². The molecule has 0 radical (unpaired) electrons. The number of hydrogen-bond acceptors (Lipinski definition) is 3. The number of methoxy groups -OCH3 is 1. The first kappa shape index (κ1) is 12.1. The molecule has 0 saturated carbocycles. The van der Waals surface area contributed by atoms with E-state index in [1.165, 1.54) is 7.11 Å². The zero-order valence-corrected chi connectivity index (χ0v) is 9.57. The van der Waals surface area contributed by atoms with Crippen LogP contribution in [0.2, 0.25) is 0 Å². The van der Waals surface area contributed by atoms with Crippen LogP contribution in [0.4, 0.5) is 0 Å². The van der Waals surface area contributed by atoms with Gasteiger partial charge in [0.05, 0.1) is 18.2 Å². The van der Waals surface area contributed by atoms with Gasteiger partial charge < -0.3 is 10.5 Å². The van der Waals surface area contributed by atoms with Crippen LogP contribution in [0.5, 0.6) is 5.75 Å². The van der Waals surface area contributed by atoms with E-state index in [2.05, 4.69) is 6.07 Å². The number of hydrogen-bond donors (Lipinski definition) is 1. The summed E-state index contributed by atoms with van der Waals surface area (Å²) in [6.45, 7) is 3.94. The molecule has 0 bridgehead atoms. The average Bonchev–Trinajstić information content (AvgIpc) is 2.26. The van der Waals surface area contributed by atoms with Crippen molar-refractivity contribution in [3.63, 3.8) is 0 Å². The highest BCUT2D eigenvalue weighted by atomic mass is 16.5. The number of ether oxygens (including phenoxy) is 1. The van der Waals surface area contributed by atoms with Gasteiger partial charge >= 0.3 is 0 Å². The van der Waals surface area contributed by atoms with Gasteiger partial charge in [0.1, 0.15) is 11.8 Å². The van der Waals surface area contributed by atoms with Crippen LogP contribution in [0, 0.1) is 11.3 Å². The fourth-order valence-corrected chi connectivity index (χ4v) is 1.60. The second-order valence-electron chi connectivity index (χ2n) is 3.74. The van der Waals surface area contributed by atoms with Crippen molar-refractivity contribution in [3.8, 4) is 11.8 Å². The minimum Gasteiger partial charge on any atom is -0.495 e. The first-order valence-corrected chi connectivity index (χ1v) is 4.93. The van der Waals surface area contributed by atoms with Gasteiger partial charge in [-0.25, -0.2) is 0 Å². The molecule has 1 aromatic carbocycles. The molecule has 0 aliphatic carbocycles. The highest BCUT2D eigenvalue weighted by Gasteiger charge is 2.18. The largest absolute Gasteiger partial charge is 0.495 e. The Morgan fingerprint density at radius 1 is 1.50 bits per heavy atom. The second kappa shape index (κ2) is 4.67. The number of benzene rings is 1. The third-order valence-corrected chi connectivity index (χ3v) is 2.39. The number of carbonyl (C=O) groups is 1. The van der Waals surface area contributed by atoms with Crippen LogP contribution in [-0.2, 0) is 0 Å². The fraction of sp³-hybridized carbons (Fsp3) is 0.333. The molecule has 84 valence electrons. The topological polar surface area (TPSA) is 76.1 Å². The molecule has 4 nitrogen and oxygen atoms in total. The quantitative estimate of drug-likeness (QED) is 0.840. The molecule has 0 fully saturated rings. The molecule has 0 aromatic heterocycles. The van der Waals surface area contributed by atoms with E-state index in [0.29, 0.717) is 5.56 Å². The molecule has 16 heavy (non-hydrogen) atoms. The number of nitrogens with zero attached hydrogens (tertiary/aromatic N) is 1. The molecule has 4 heteroatoms. The summed E-state index contributed by atoms with van der Waals surface area (Å²) < 4.78 is 5.10. The molecule has 1 aromatic rings. The van der Waals surface area contributed by atoms with E-state index in [0.717, 1.165) is 5.56 Å². The third-order valence-electron chi connectivity index (χ3n) is 2.39. The van der Waals surface area contributed by atoms with Crippen molar-refractivity contribution in [2.45, 2.75) is 19.8 Å². The fourth-order valence-electron chi connectivity index (χ4n) is 1.60. The van der Waals surface area contributed by atoms with Gasteiger partial charge in [-0.15, -0.1) is 0 Å². The minimum absolute atomic E-state index is 0.186. The monoisotopic (exact) mass is 218 g/mol. The SMILES string of the molecule is COc1c(C(N)=O)ccc(C(C)C)c1C#N. The molecule has 1 rings (SSSR count). The minimum atomic E-state index is -0.594. The lowest BCUT2D eigenvalue weighted by atomic mass is 9.94. The maximum absolute atomic E-state index is 11.2. The van der Waals surface area contributed by atoms with Gasteiger partial charge in [-0.1, -0.05) is 19.9 Å². The van der Waals surface area contributed by atoms with Crippen molar-refractivity contribution >= 4 is 5.91 Å². The predicted molar refractivity (Wildman–Crippen MR) is 60.3 cm³/mol. The predicted octanol–water partition coefficient (Wildman–Crippen LogP) is 1.79. The van der Waals surface area contributed by atoms with Gasteiger partial charge in [0.25, 0.3) is 5.91 Å². The van der Waals surface area contributed by atoms with E-state index in [9.17, 15) is 4.79 Å². The molecule has 0 unspecified atom stereocenters. The summed E-state index contributed by atoms with van der Waals surface area (Å²) >= 11 is 0. The van der Waals surface area contributed by atoms with Crippen LogP contribution in [0.3, 0.4) is 0 Å². The smallest absolute Gasteiger partial charge is 0.252 e. The maximum Gasteiger partial charge on any atom is 0.252 e. The summed E-state index contributed by atoms with van der Waals surface area (Å²) in [5.41, 5.74) is 6.69. The Morgan fingerprint density at radius 2 is 2.12 bits per heavy atom. The Balaban J connectivity index is 3.54. The number of nitrogens with two attached hydrogens (primary N) is 1. The summed E-state index contributed by atoms with van der Waals surface area (Å²) in [6, 6.07) is 5.40. The number of carbonyl (C=O) groups excluding carboxylic acids is 1. The van der Waals surface area contributed by atoms with Crippen molar-refractivity contribution in [2.24, 2.45) is 5.73 Å². The lowest BCUT2D eigenvalue weighted by Gasteiger charge is -2.13. The Morgan fingerprint density at radius 3 is 2.50 bits per heavy atom. The van der Waals surface area contributed by atoms with E-state index in [4.69, 9.17) is 15.7 Å². The molecule has 0 heterocycles. The van der Waals surface area contributed by atoms with E-state index in [-0.39, 0.29) is 17.2 Å². The molecule has 0 spiro atoms. The highest BCUT2D eigenvalue weighted by molar-refractivity contribution is 5.96. The van der Waals surface area contributed by atoms with E-state index in [1.807, 2.05) is 13.8 Å². The van der Waals surface area contributed by atoms with Crippen LogP contribution in [0.15, 0.2) is 12.1 Å². The zero-order chi connectivity index (χ0) is 12.3. The normalized spacial score (nSPS) is 9.94. The third kappa shape index (κ3) is 1.98. The Kier molecular flexibility index (Phi) is 3.51. The van der Waals surface area contributed by atoms with Gasteiger partial charge in [-0.3, -0.25) is 4.79 Å². The lowest BCUT2D eigenvalue weighted by molar-refractivity contribution is 0.0997. The van der Waals surface area contributed by atoms with Crippen molar-refractivity contribution in [3.05, 3.63) is 28.8 Å². The van der Waals surface area contributed by atoms with Crippen LogP contribution >= 0.6 is 0 Å². The van der Waals surface area contributed by atoms with Crippen molar-refractivity contribution < 1.29 is 9.53 Å². The molecule has 2 N–H and O–H groups in total. The van der Waals surface area contributed by atoms with E-state index >= 15 is 0 Å². The number of rotatable bonds is 3. The highest BCUT2D eigenvalue weighted by Crippen LogP contribution is 2.30. The summed E-state index contributed by atoms with van der Waals surface area (Å²) in [5, 5.41) is 9.10. The second-order valence-corrected chi connectivity index (χ2v) is 3.74. The van der Waals surface area contributed by atoms with Crippen molar-refractivity contribution in [1.29, 1.82) is 5.26 Å². The van der Waals surface area contributed by atoms with Crippen molar-refractivity contribution in [2.75, 3.05) is 7.11 Å². The van der Waals surface area contributed by atoms with Gasteiger partial charge in [0.2, 0.25) is 0 Å². The molecule has 0 atom stereocenters. The summed E-state index contributed by atoms with van der Waals surface area (Å²) in [5.74, 6) is -0.143. The van der Waals surface area contributed by atoms with Gasteiger partial charge in [-0.2, -0.15) is 5.26 Å². The Hall–Kier alpha value is -2.02. The summed E-state index contributed by atoms with van der Waals surface area (Å²) in [7, 11) is 1.42. The first-order chi connectivity index (χ1) is 7.52. The molecular formula is C12H14N2O2. The van der Waals surface area contributed by atoms with Crippen LogP contribution in [0.25, 0.3) is 0 Å². The summed E-state index contributed by atoms with van der Waals surface area (Å²) in [4.78, 5) is 11.2. The lowest BCUT2D eigenvalue weighted by Crippen LogP contribution is -2.14. The Labute approximate surface area is 94.6 Å². The molecule has 1 amide bonds. The Bertz CT molecular complexity index is 459. The standard InChI is InChI=1S/C12H14N2O2/c1-7(2)8-4-5-9(12(14)15)11(16-3)10(8)6-13/h4-5,7H,1-3H3,(H2,14,15). The van der Waals surface area contributed by atoms with Crippen LogP contribution < -0.4 is 10.5 Å².